The SMILES string of the molecule is CC.Nc1c2c(c(N)c3c1C(=O)N(CCO)C3=O)C(=O)c1ccccc1C2. The second-order valence-electron chi connectivity index (χ2n) is 6.08. The highest BCUT2D eigenvalue weighted by molar-refractivity contribution is 6.29. The lowest BCUT2D eigenvalue weighted by molar-refractivity contribution is 0.0624. The van der Waals surface area contributed by atoms with E-state index in [-0.39, 0.29) is 47.0 Å². The van der Waals surface area contributed by atoms with Crippen LogP contribution in [-0.2, 0) is 6.42 Å². The second-order valence-corrected chi connectivity index (χ2v) is 6.08. The van der Waals surface area contributed by atoms with Crippen molar-refractivity contribution in [3.63, 3.8) is 0 Å². The Morgan fingerprint density at radius 1 is 0.963 bits per heavy atom. The van der Waals surface area contributed by atoms with Crippen molar-refractivity contribution in [1.82, 2.24) is 4.90 Å². The predicted molar refractivity (Wildman–Crippen MR) is 102 cm³/mol. The number of rotatable bonds is 2. The number of anilines is 2. The van der Waals surface area contributed by atoms with Crippen molar-refractivity contribution >= 4 is 29.0 Å². The molecule has 2 aliphatic rings. The summed E-state index contributed by atoms with van der Waals surface area (Å²) < 4.78 is 0. The number of nitrogen functional groups attached to an aromatic ring is 2. The Labute approximate surface area is 156 Å². The van der Waals surface area contributed by atoms with Gasteiger partial charge in [0.2, 0.25) is 0 Å². The maximum Gasteiger partial charge on any atom is 0.263 e. The molecule has 2 aromatic rings. The van der Waals surface area contributed by atoms with Gasteiger partial charge in [-0.3, -0.25) is 19.3 Å². The van der Waals surface area contributed by atoms with Gasteiger partial charge in [0.1, 0.15) is 0 Å². The number of amides is 2. The molecular formula is C20H21N3O4. The number of benzene rings is 2. The number of nitrogens with zero attached hydrogens (tertiary/aromatic N) is 1. The number of hydrogen-bond acceptors (Lipinski definition) is 6. The van der Waals surface area contributed by atoms with E-state index in [9.17, 15) is 14.4 Å². The Kier molecular flexibility index (Phi) is 4.72. The van der Waals surface area contributed by atoms with E-state index in [1.54, 1.807) is 12.1 Å². The molecule has 7 heteroatoms. The number of carbonyl (C=O) groups is 3. The predicted octanol–water partition coefficient (Wildman–Crippen LogP) is 1.60. The summed E-state index contributed by atoms with van der Waals surface area (Å²) in [6, 6.07) is 7.10. The third kappa shape index (κ3) is 2.50. The van der Waals surface area contributed by atoms with Gasteiger partial charge in [-0.25, -0.2) is 0 Å². The quantitative estimate of drug-likeness (QED) is 0.359. The van der Waals surface area contributed by atoms with Crippen LogP contribution in [-0.4, -0.2) is 40.8 Å². The summed E-state index contributed by atoms with van der Waals surface area (Å²) in [7, 11) is 0. The maximum absolute atomic E-state index is 12.9. The van der Waals surface area contributed by atoms with E-state index in [1.807, 2.05) is 26.0 Å². The topological polar surface area (TPSA) is 127 Å². The molecule has 1 aliphatic carbocycles. The standard InChI is InChI=1S/C18H15N3O4.C2H6/c19-14-10-7-8-3-1-2-4-9(8)16(23)11(10)15(20)13-12(14)17(24)21(5-6-22)18(13)25;1-2/h1-4,22H,5-7,19-20H2;1-2H3. The molecule has 5 N–H and O–H groups in total. The van der Waals surface area contributed by atoms with Crippen molar-refractivity contribution in [2.75, 3.05) is 24.6 Å². The molecular weight excluding hydrogens is 346 g/mol. The third-order valence-corrected chi connectivity index (χ3v) is 4.78. The zero-order valence-corrected chi connectivity index (χ0v) is 15.2. The number of fused-ring (bicyclic) bond motifs is 3. The molecule has 7 nitrogen and oxygen atoms in total. The molecule has 0 bridgehead atoms. The molecule has 1 aliphatic heterocycles. The summed E-state index contributed by atoms with van der Waals surface area (Å²) in [6.07, 6.45) is 0.363. The first-order valence-corrected chi connectivity index (χ1v) is 8.80. The molecule has 0 spiro atoms. The van der Waals surface area contributed by atoms with E-state index < -0.39 is 11.8 Å². The van der Waals surface area contributed by atoms with Gasteiger partial charge in [-0.1, -0.05) is 38.1 Å². The number of β-amino-alcohol motifs (C(OH)–C–C–N with tert-alkyl or cyclic N) is 1. The highest BCUT2D eigenvalue weighted by atomic mass is 16.3. The zero-order chi connectivity index (χ0) is 19.9. The average Bonchev–Trinajstić information content (AvgIpc) is 2.93. The van der Waals surface area contributed by atoms with E-state index in [2.05, 4.69) is 0 Å². The molecule has 0 unspecified atom stereocenters. The lowest BCUT2D eigenvalue weighted by Gasteiger charge is -2.23. The Morgan fingerprint density at radius 2 is 1.56 bits per heavy atom. The van der Waals surface area contributed by atoms with Crippen molar-refractivity contribution in [2.24, 2.45) is 0 Å². The molecule has 0 saturated carbocycles. The molecule has 0 saturated heterocycles. The molecule has 0 radical (unpaired) electrons. The van der Waals surface area contributed by atoms with Crippen LogP contribution in [0.25, 0.3) is 0 Å². The van der Waals surface area contributed by atoms with E-state index in [0.717, 1.165) is 10.5 Å². The minimum atomic E-state index is -0.632. The molecule has 2 aromatic carbocycles. The van der Waals surface area contributed by atoms with Crippen LogP contribution in [0.2, 0.25) is 0 Å². The smallest absolute Gasteiger partial charge is 0.263 e. The average molecular weight is 367 g/mol. The van der Waals surface area contributed by atoms with Crippen LogP contribution in [0.3, 0.4) is 0 Å². The first kappa shape index (κ1) is 18.6. The number of imide groups is 1. The van der Waals surface area contributed by atoms with Crippen molar-refractivity contribution in [2.45, 2.75) is 20.3 Å². The molecule has 2 amide bonds. The normalized spacial score (nSPS) is 14.3. The Hall–Kier alpha value is -3.19. The van der Waals surface area contributed by atoms with Crippen LogP contribution < -0.4 is 11.5 Å². The van der Waals surface area contributed by atoms with Gasteiger partial charge in [0.15, 0.2) is 5.78 Å². The van der Waals surface area contributed by atoms with Crippen molar-refractivity contribution in [3.8, 4) is 0 Å². The summed E-state index contributed by atoms with van der Waals surface area (Å²) in [5.74, 6) is -1.52. The van der Waals surface area contributed by atoms with Crippen LogP contribution in [0.4, 0.5) is 11.4 Å². The molecule has 1 heterocycles. The van der Waals surface area contributed by atoms with Crippen molar-refractivity contribution < 1.29 is 19.5 Å². The molecule has 4 rings (SSSR count). The van der Waals surface area contributed by atoms with Gasteiger partial charge < -0.3 is 16.6 Å². The lowest BCUT2D eigenvalue weighted by Crippen LogP contribution is -2.32. The number of hydrogen-bond donors (Lipinski definition) is 3. The summed E-state index contributed by atoms with van der Waals surface area (Å²) in [4.78, 5) is 38.9. The summed E-state index contributed by atoms with van der Waals surface area (Å²) in [6.45, 7) is 3.49. The van der Waals surface area contributed by atoms with Gasteiger partial charge in [-0.15, -0.1) is 0 Å². The fraction of sp³-hybridized carbons (Fsp3) is 0.250. The van der Waals surface area contributed by atoms with Crippen molar-refractivity contribution in [1.29, 1.82) is 0 Å². The van der Waals surface area contributed by atoms with Crippen LogP contribution in [0.15, 0.2) is 24.3 Å². The zero-order valence-electron chi connectivity index (χ0n) is 15.2. The first-order valence-electron chi connectivity index (χ1n) is 8.80. The number of carbonyl (C=O) groups excluding carboxylic acids is 3. The van der Waals surface area contributed by atoms with E-state index in [0.29, 0.717) is 17.5 Å². The number of nitrogens with two attached hydrogens (primary N) is 2. The second kappa shape index (κ2) is 6.85. The van der Waals surface area contributed by atoms with Crippen LogP contribution in [0.1, 0.15) is 61.6 Å². The van der Waals surface area contributed by atoms with E-state index in [4.69, 9.17) is 16.6 Å². The molecule has 140 valence electrons. The molecule has 27 heavy (non-hydrogen) atoms. The van der Waals surface area contributed by atoms with Gasteiger partial charge >= 0.3 is 0 Å². The third-order valence-electron chi connectivity index (χ3n) is 4.78. The fourth-order valence-electron chi connectivity index (χ4n) is 3.62. The number of aliphatic hydroxyl groups excluding tert-OH is 1. The van der Waals surface area contributed by atoms with Crippen LogP contribution in [0.5, 0.6) is 0 Å². The van der Waals surface area contributed by atoms with E-state index >= 15 is 0 Å². The summed E-state index contributed by atoms with van der Waals surface area (Å²) >= 11 is 0. The highest BCUT2D eigenvalue weighted by Crippen LogP contribution is 2.42. The van der Waals surface area contributed by atoms with Crippen LogP contribution >= 0.6 is 0 Å². The number of ketones is 1. The Balaban J connectivity index is 0.00000102. The maximum atomic E-state index is 12.9. The van der Waals surface area contributed by atoms with Gasteiger partial charge in [0.05, 0.1) is 35.5 Å². The number of aliphatic hydroxyl groups is 1. The van der Waals surface area contributed by atoms with Gasteiger partial charge in [-0.2, -0.15) is 0 Å². The lowest BCUT2D eigenvalue weighted by atomic mass is 9.81. The van der Waals surface area contributed by atoms with Gasteiger partial charge in [-0.05, 0) is 11.1 Å². The first-order chi connectivity index (χ1) is 13.0. The largest absolute Gasteiger partial charge is 0.398 e. The van der Waals surface area contributed by atoms with Gasteiger partial charge in [0, 0.05) is 17.7 Å². The van der Waals surface area contributed by atoms with Gasteiger partial charge in [0.25, 0.3) is 11.8 Å². The van der Waals surface area contributed by atoms with Crippen molar-refractivity contribution in [3.05, 3.63) is 57.6 Å². The summed E-state index contributed by atoms with van der Waals surface area (Å²) in [5.41, 5.74) is 14.4. The molecule has 0 atom stereocenters. The monoisotopic (exact) mass is 367 g/mol. The molecule has 0 fully saturated rings. The Bertz CT molecular complexity index is 982. The van der Waals surface area contributed by atoms with Crippen LogP contribution in [0, 0.1) is 0 Å². The Morgan fingerprint density at radius 3 is 2.19 bits per heavy atom. The highest BCUT2D eigenvalue weighted by Gasteiger charge is 2.42. The van der Waals surface area contributed by atoms with E-state index in [1.165, 1.54) is 0 Å². The minimum absolute atomic E-state index is 0.0162. The fourth-order valence-corrected chi connectivity index (χ4v) is 3.62. The summed E-state index contributed by atoms with van der Waals surface area (Å²) in [5, 5.41) is 9.09. The molecule has 0 aromatic heterocycles. The minimum Gasteiger partial charge on any atom is -0.398 e.